The molecule has 0 aliphatic heterocycles. The Morgan fingerprint density at radius 1 is 1.39 bits per heavy atom. The van der Waals surface area contributed by atoms with Gasteiger partial charge in [-0.2, -0.15) is 0 Å². The molecule has 0 bridgehead atoms. The highest BCUT2D eigenvalue weighted by Gasteiger charge is 2.26. The lowest BCUT2D eigenvalue weighted by molar-refractivity contribution is -0.137. The molecule has 0 radical (unpaired) electrons. The van der Waals surface area contributed by atoms with Crippen molar-refractivity contribution >= 4 is 5.97 Å². The summed E-state index contributed by atoms with van der Waals surface area (Å²) >= 11 is 0. The highest BCUT2D eigenvalue weighted by Crippen LogP contribution is 2.40. The maximum Gasteiger partial charge on any atom is 0.330 e. The van der Waals surface area contributed by atoms with E-state index in [4.69, 9.17) is 4.74 Å². The maximum absolute atomic E-state index is 11.1. The van der Waals surface area contributed by atoms with E-state index in [0.29, 0.717) is 6.61 Å². The second-order valence-electron chi connectivity index (χ2n) is 5.40. The van der Waals surface area contributed by atoms with Crippen molar-refractivity contribution in [3.05, 3.63) is 35.5 Å². The van der Waals surface area contributed by atoms with E-state index in [1.807, 2.05) is 6.08 Å². The monoisotopic (exact) mass is 248 g/mol. The molecule has 1 rings (SSSR count). The average molecular weight is 248 g/mol. The van der Waals surface area contributed by atoms with Crippen molar-refractivity contribution in [1.82, 2.24) is 0 Å². The van der Waals surface area contributed by atoms with Crippen molar-refractivity contribution in [2.45, 2.75) is 47.0 Å². The van der Waals surface area contributed by atoms with Gasteiger partial charge in [-0.05, 0) is 44.1 Å². The molecule has 18 heavy (non-hydrogen) atoms. The molecule has 0 amide bonds. The van der Waals surface area contributed by atoms with Gasteiger partial charge in [0.25, 0.3) is 0 Å². The van der Waals surface area contributed by atoms with E-state index in [1.165, 1.54) is 36.5 Å². The lowest BCUT2D eigenvalue weighted by Gasteiger charge is -2.32. The quantitative estimate of drug-likeness (QED) is 0.423. The van der Waals surface area contributed by atoms with Crippen LogP contribution in [0.2, 0.25) is 0 Å². The molecule has 0 fully saturated rings. The minimum Gasteiger partial charge on any atom is -0.463 e. The predicted molar refractivity (Wildman–Crippen MR) is 75.2 cm³/mol. The van der Waals surface area contributed by atoms with Crippen LogP contribution in [0.15, 0.2) is 35.5 Å². The fourth-order valence-electron chi connectivity index (χ4n) is 2.49. The number of carbonyl (C=O) groups is 1. The first-order valence-electron chi connectivity index (χ1n) is 6.69. The van der Waals surface area contributed by atoms with E-state index >= 15 is 0 Å². The minimum atomic E-state index is -0.282. The topological polar surface area (TPSA) is 26.3 Å². The van der Waals surface area contributed by atoms with Gasteiger partial charge in [-0.15, -0.1) is 0 Å². The number of rotatable bonds is 4. The fourth-order valence-corrected chi connectivity index (χ4v) is 2.49. The van der Waals surface area contributed by atoms with Gasteiger partial charge in [0.1, 0.15) is 0 Å². The molecule has 0 aromatic heterocycles. The zero-order chi connectivity index (χ0) is 13.6. The summed E-state index contributed by atoms with van der Waals surface area (Å²) in [5.41, 5.74) is 3.12. The van der Waals surface area contributed by atoms with Crippen LogP contribution in [0.5, 0.6) is 0 Å². The minimum absolute atomic E-state index is 0.247. The summed E-state index contributed by atoms with van der Waals surface area (Å²) in [5, 5.41) is 0. The van der Waals surface area contributed by atoms with Crippen molar-refractivity contribution in [2.75, 3.05) is 6.61 Å². The molecule has 0 aromatic rings. The molecule has 0 aromatic carbocycles. The van der Waals surface area contributed by atoms with E-state index in [1.54, 1.807) is 13.0 Å². The Bertz CT molecular complexity index is 384. The predicted octanol–water partition coefficient (Wildman–Crippen LogP) is 4.19. The Balaban J connectivity index is 2.68. The van der Waals surface area contributed by atoms with Crippen LogP contribution in [0.3, 0.4) is 0 Å². The zero-order valence-electron chi connectivity index (χ0n) is 12.0. The molecule has 1 aliphatic rings. The Morgan fingerprint density at radius 3 is 2.72 bits per heavy atom. The summed E-state index contributed by atoms with van der Waals surface area (Å²) < 4.78 is 4.82. The lowest BCUT2D eigenvalue weighted by atomic mass is 9.73. The van der Waals surface area contributed by atoms with Crippen LogP contribution < -0.4 is 0 Å². The van der Waals surface area contributed by atoms with Crippen molar-refractivity contribution < 1.29 is 9.53 Å². The summed E-state index contributed by atoms with van der Waals surface area (Å²) in [6.07, 6.45) is 11.0. The first kappa shape index (κ1) is 14.7. The molecule has 0 unspecified atom stereocenters. The van der Waals surface area contributed by atoms with E-state index in [-0.39, 0.29) is 11.4 Å². The van der Waals surface area contributed by atoms with Crippen molar-refractivity contribution in [1.29, 1.82) is 0 Å². The Morgan fingerprint density at radius 2 is 2.11 bits per heavy atom. The van der Waals surface area contributed by atoms with Gasteiger partial charge in [0.2, 0.25) is 0 Å². The SMILES string of the molecule is CCOC(=O)/C=C/C=C/C1=C(C)CCCC1(C)C. The number of esters is 1. The molecular formula is C16H24O2. The summed E-state index contributed by atoms with van der Waals surface area (Å²) in [4.78, 5) is 11.1. The van der Waals surface area contributed by atoms with Gasteiger partial charge < -0.3 is 4.74 Å². The summed E-state index contributed by atoms with van der Waals surface area (Å²) in [6.45, 7) is 8.99. The number of carbonyl (C=O) groups excluding carboxylic acids is 1. The smallest absolute Gasteiger partial charge is 0.330 e. The van der Waals surface area contributed by atoms with Crippen LogP contribution in [0, 0.1) is 5.41 Å². The molecule has 0 heterocycles. The van der Waals surface area contributed by atoms with Gasteiger partial charge in [0.05, 0.1) is 6.61 Å². The van der Waals surface area contributed by atoms with E-state index < -0.39 is 0 Å². The van der Waals surface area contributed by atoms with Gasteiger partial charge in [-0.25, -0.2) is 4.79 Å². The largest absolute Gasteiger partial charge is 0.463 e. The van der Waals surface area contributed by atoms with Gasteiger partial charge >= 0.3 is 5.97 Å². The Labute approximate surface area is 110 Å². The van der Waals surface area contributed by atoms with Crippen molar-refractivity contribution in [3.8, 4) is 0 Å². The summed E-state index contributed by atoms with van der Waals surface area (Å²) in [5.74, 6) is -0.282. The molecule has 0 spiro atoms. The third-order valence-corrected chi connectivity index (χ3v) is 3.44. The molecule has 2 heteroatoms. The highest BCUT2D eigenvalue weighted by atomic mass is 16.5. The van der Waals surface area contributed by atoms with Crippen LogP contribution in [0.1, 0.15) is 47.0 Å². The Kier molecular flexibility index (Phi) is 5.39. The van der Waals surface area contributed by atoms with E-state index in [9.17, 15) is 4.79 Å². The molecule has 0 saturated heterocycles. The molecule has 2 nitrogen and oxygen atoms in total. The number of ether oxygens (including phenoxy) is 1. The number of hydrogen-bond donors (Lipinski definition) is 0. The summed E-state index contributed by atoms with van der Waals surface area (Å²) in [7, 11) is 0. The van der Waals surface area contributed by atoms with Gasteiger partial charge in [0.15, 0.2) is 0 Å². The maximum atomic E-state index is 11.1. The van der Waals surface area contributed by atoms with Crippen LogP contribution in [0.4, 0.5) is 0 Å². The third kappa shape index (κ3) is 4.17. The first-order valence-corrected chi connectivity index (χ1v) is 6.69. The summed E-state index contributed by atoms with van der Waals surface area (Å²) in [6, 6.07) is 0. The molecule has 100 valence electrons. The number of allylic oxidation sites excluding steroid dienone is 5. The number of hydrogen-bond acceptors (Lipinski definition) is 2. The van der Waals surface area contributed by atoms with E-state index in [2.05, 4.69) is 26.8 Å². The van der Waals surface area contributed by atoms with Crippen molar-refractivity contribution in [3.63, 3.8) is 0 Å². The third-order valence-electron chi connectivity index (χ3n) is 3.44. The molecule has 0 atom stereocenters. The first-order chi connectivity index (χ1) is 8.47. The van der Waals surface area contributed by atoms with Gasteiger partial charge in [-0.3, -0.25) is 0 Å². The van der Waals surface area contributed by atoms with Crippen molar-refractivity contribution in [2.24, 2.45) is 5.41 Å². The normalized spacial score (nSPS) is 19.8. The molecule has 0 saturated carbocycles. The van der Waals surface area contributed by atoms with Crippen LogP contribution >= 0.6 is 0 Å². The molecule has 1 aliphatic carbocycles. The second-order valence-corrected chi connectivity index (χ2v) is 5.40. The fraction of sp³-hybridized carbons (Fsp3) is 0.562. The highest BCUT2D eigenvalue weighted by molar-refractivity contribution is 5.82. The molecule has 0 N–H and O–H groups in total. The van der Waals surface area contributed by atoms with Crippen LogP contribution in [0.25, 0.3) is 0 Å². The standard InChI is InChI=1S/C16H24O2/c1-5-18-15(17)11-7-6-10-14-13(2)9-8-12-16(14,3)4/h6-7,10-11H,5,8-9,12H2,1-4H3/b10-6+,11-7+. The Hall–Kier alpha value is -1.31. The molecular weight excluding hydrogens is 224 g/mol. The van der Waals surface area contributed by atoms with Gasteiger partial charge in [0, 0.05) is 6.08 Å². The van der Waals surface area contributed by atoms with Crippen LogP contribution in [-0.4, -0.2) is 12.6 Å². The van der Waals surface area contributed by atoms with E-state index in [0.717, 1.165) is 0 Å². The second kappa shape index (κ2) is 6.58. The average Bonchev–Trinajstić information content (AvgIpc) is 2.27. The zero-order valence-corrected chi connectivity index (χ0v) is 12.0. The lowest BCUT2D eigenvalue weighted by Crippen LogP contribution is -2.18. The van der Waals surface area contributed by atoms with Gasteiger partial charge in [-0.1, -0.05) is 37.6 Å². The van der Waals surface area contributed by atoms with Crippen LogP contribution in [-0.2, 0) is 9.53 Å².